The molecule has 0 saturated heterocycles. The predicted molar refractivity (Wildman–Crippen MR) is 142 cm³/mol. The standard InChI is InChI=1S/C28H22ClFN6O3/c1-16-33-25(35-39-16)23-22(29)19-5-2-3-7-21(19)36(23)18-10-8-17(9-11-18)15-32-27(38)28(12-13-28)34-26(37)20-6-4-14-31-24(20)30/h2-11,14H,12-13,15H2,1H3,(H,32,38)(H,34,37). The molecule has 0 spiro atoms. The van der Waals surface area contributed by atoms with Crippen molar-refractivity contribution >= 4 is 34.3 Å². The lowest BCUT2D eigenvalue weighted by Crippen LogP contribution is -2.49. The summed E-state index contributed by atoms with van der Waals surface area (Å²) in [4.78, 5) is 33.3. The van der Waals surface area contributed by atoms with Gasteiger partial charge in [0.1, 0.15) is 11.2 Å². The number of carbonyl (C=O) groups is 2. The molecule has 11 heteroatoms. The second-order valence-electron chi connectivity index (χ2n) is 9.38. The number of hydrogen-bond acceptors (Lipinski definition) is 6. The van der Waals surface area contributed by atoms with Crippen molar-refractivity contribution in [3.05, 3.63) is 94.8 Å². The number of rotatable bonds is 7. The van der Waals surface area contributed by atoms with Crippen LogP contribution in [0.25, 0.3) is 28.1 Å². The normalized spacial score (nSPS) is 13.8. The van der Waals surface area contributed by atoms with E-state index in [4.69, 9.17) is 16.1 Å². The molecule has 0 radical (unpaired) electrons. The molecular weight excluding hydrogens is 523 g/mol. The van der Waals surface area contributed by atoms with Crippen molar-refractivity contribution in [1.82, 2.24) is 30.3 Å². The van der Waals surface area contributed by atoms with Gasteiger partial charge in [0.05, 0.1) is 16.1 Å². The predicted octanol–water partition coefficient (Wildman–Crippen LogP) is 4.76. The van der Waals surface area contributed by atoms with Crippen molar-refractivity contribution in [2.75, 3.05) is 0 Å². The van der Waals surface area contributed by atoms with E-state index in [9.17, 15) is 14.0 Å². The molecule has 3 aromatic heterocycles. The maximum Gasteiger partial charge on any atom is 0.256 e. The Hall–Kier alpha value is -4.57. The van der Waals surface area contributed by atoms with Gasteiger partial charge >= 0.3 is 0 Å². The number of nitrogens with one attached hydrogen (secondary N) is 2. The lowest BCUT2D eigenvalue weighted by atomic mass is 10.1. The van der Waals surface area contributed by atoms with Gasteiger partial charge in [-0.2, -0.15) is 9.37 Å². The summed E-state index contributed by atoms with van der Waals surface area (Å²) >= 11 is 6.76. The molecule has 2 amide bonds. The van der Waals surface area contributed by atoms with Crippen molar-refractivity contribution in [3.63, 3.8) is 0 Å². The van der Waals surface area contributed by atoms with E-state index in [2.05, 4.69) is 25.8 Å². The van der Waals surface area contributed by atoms with E-state index >= 15 is 0 Å². The Morgan fingerprint density at radius 2 is 1.87 bits per heavy atom. The number of aryl methyl sites for hydroxylation is 1. The van der Waals surface area contributed by atoms with Crippen LogP contribution < -0.4 is 10.6 Å². The zero-order chi connectivity index (χ0) is 27.1. The van der Waals surface area contributed by atoms with Gasteiger partial charge in [-0.25, -0.2) is 4.98 Å². The minimum absolute atomic E-state index is 0.194. The molecule has 3 heterocycles. The number of fused-ring (bicyclic) bond motifs is 1. The Labute approximate surface area is 227 Å². The van der Waals surface area contributed by atoms with Gasteiger partial charge in [-0.15, -0.1) is 0 Å². The van der Waals surface area contributed by atoms with E-state index < -0.39 is 17.4 Å². The van der Waals surface area contributed by atoms with Crippen LogP contribution in [0.3, 0.4) is 0 Å². The van der Waals surface area contributed by atoms with Crippen LogP contribution in [-0.4, -0.2) is 37.0 Å². The summed E-state index contributed by atoms with van der Waals surface area (Å²) in [6, 6.07) is 18.2. The topological polar surface area (TPSA) is 115 Å². The molecule has 0 aliphatic heterocycles. The molecular formula is C28H22ClFN6O3. The SMILES string of the molecule is Cc1nc(-c2c(Cl)c3ccccc3n2-c2ccc(CNC(=O)C3(NC(=O)c4cccnc4F)CC3)cc2)no1. The second kappa shape index (κ2) is 9.63. The highest BCUT2D eigenvalue weighted by Gasteiger charge is 2.51. The molecule has 1 fully saturated rings. The number of amides is 2. The maximum atomic E-state index is 13.9. The van der Waals surface area contributed by atoms with Crippen LogP contribution in [-0.2, 0) is 11.3 Å². The second-order valence-corrected chi connectivity index (χ2v) is 9.76. The van der Waals surface area contributed by atoms with E-state index in [0.29, 0.717) is 35.3 Å². The van der Waals surface area contributed by atoms with Crippen molar-refractivity contribution in [1.29, 1.82) is 0 Å². The number of carbonyl (C=O) groups excluding carboxylic acids is 2. The minimum Gasteiger partial charge on any atom is -0.350 e. The third kappa shape index (κ3) is 4.52. The van der Waals surface area contributed by atoms with Crippen LogP contribution in [0, 0.1) is 12.9 Å². The van der Waals surface area contributed by atoms with Crippen molar-refractivity contribution in [3.8, 4) is 17.2 Å². The molecule has 1 aliphatic carbocycles. The van der Waals surface area contributed by atoms with Gasteiger partial charge in [0.15, 0.2) is 0 Å². The number of aromatic nitrogens is 4. The zero-order valence-corrected chi connectivity index (χ0v) is 21.5. The van der Waals surface area contributed by atoms with Crippen LogP contribution >= 0.6 is 11.6 Å². The summed E-state index contributed by atoms with van der Waals surface area (Å²) in [7, 11) is 0. The Balaban J connectivity index is 1.20. The molecule has 0 unspecified atom stereocenters. The van der Waals surface area contributed by atoms with Gasteiger partial charge in [0, 0.05) is 30.7 Å². The summed E-state index contributed by atoms with van der Waals surface area (Å²) in [5, 5.41) is 11.0. The molecule has 2 aromatic carbocycles. The lowest BCUT2D eigenvalue weighted by molar-refractivity contribution is -0.124. The summed E-state index contributed by atoms with van der Waals surface area (Å²) < 4.78 is 21.0. The van der Waals surface area contributed by atoms with Gasteiger partial charge in [-0.1, -0.05) is 47.1 Å². The number of halogens is 2. The average molecular weight is 545 g/mol. The first kappa shape index (κ1) is 24.7. The number of benzene rings is 2. The maximum absolute atomic E-state index is 13.9. The van der Waals surface area contributed by atoms with E-state index in [1.165, 1.54) is 18.3 Å². The number of nitrogens with zero attached hydrogens (tertiary/aromatic N) is 4. The van der Waals surface area contributed by atoms with E-state index in [0.717, 1.165) is 22.2 Å². The Bertz CT molecular complexity index is 1730. The van der Waals surface area contributed by atoms with Crippen LogP contribution in [0.1, 0.15) is 34.7 Å². The smallest absolute Gasteiger partial charge is 0.256 e. The third-order valence-corrected chi connectivity index (χ3v) is 7.12. The molecule has 0 bridgehead atoms. The molecule has 9 nitrogen and oxygen atoms in total. The van der Waals surface area contributed by atoms with Crippen molar-refractivity contribution < 1.29 is 18.5 Å². The summed E-state index contributed by atoms with van der Waals surface area (Å²) in [5.74, 6) is -1.04. The summed E-state index contributed by atoms with van der Waals surface area (Å²) in [6.07, 6.45) is 2.22. The first-order valence-electron chi connectivity index (χ1n) is 12.3. The van der Waals surface area contributed by atoms with Gasteiger partial charge in [-0.05, 0) is 48.7 Å². The molecule has 0 atom stereocenters. The highest BCUT2D eigenvalue weighted by molar-refractivity contribution is 6.38. The van der Waals surface area contributed by atoms with E-state index in [-0.39, 0.29) is 18.0 Å². The Kier molecular flexibility index (Phi) is 6.11. The molecule has 39 heavy (non-hydrogen) atoms. The number of pyridine rings is 1. The van der Waals surface area contributed by atoms with Crippen LogP contribution in [0.4, 0.5) is 4.39 Å². The molecule has 1 saturated carbocycles. The monoisotopic (exact) mass is 544 g/mol. The van der Waals surface area contributed by atoms with Gasteiger partial charge < -0.3 is 19.7 Å². The fourth-order valence-corrected chi connectivity index (χ4v) is 4.88. The Morgan fingerprint density at radius 1 is 1.10 bits per heavy atom. The molecule has 196 valence electrons. The average Bonchev–Trinajstić information content (AvgIpc) is 3.51. The van der Waals surface area contributed by atoms with Gasteiger partial charge in [0.2, 0.25) is 23.6 Å². The first-order chi connectivity index (χ1) is 18.9. The van der Waals surface area contributed by atoms with Crippen molar-refractivity contribution in [2.45, 2.75) is 31.8 Å². The van der Waals surface area contributed by atoms with Crippen LogP contribution in [0.15, 0.2) is 71.4 Å². The molecule has 6 rings (SSSR count). The van der Waals surface area contributed by atoms with E-state index in [1.54, 1.807) is 6.92 Å². The van der Waals surface area contributed by atoms with Crippen LogP contribution in [0.2, 0.25) is 5.02 Å². The van der Waals surface area contributed by atoms with Gasteiger partial charge in [-0.3, -0.25) is 9.59 Å². The fraction of sp³-hybridized carbons (Fsp3) is 0.179. The molecule has 1 aliphatic rings. The highest BCUT2D eigenvalue weighted by Crippen LogP contribution is 2.39. The molecule has 2 N–H and O–H groups in total. The third-order valence-electron chi connectivity index (χ3n) is 6.74. The summed E-state index contributed by atoms with van der Waals surface area (Å²) in [5.41, 5.74) is 1.95. The first-order valence-corrected chi connectivity index (χ1v) is 12.6. The number of para-hydroxylation sites is 1. The van der Waals surface area contributed by atoms with Crippen molar-refractivity contribution in [2.24, 2.45) is 0 Å². The minimum atomic E-state index is -1.04. The summed E-state index contributed by atoms with van der Waals surface area (Å²) in [6.45, 7) is 1.97. The Morgan fingerprint density at radius 3 is 2.56 bits per heavy atom. The fourth-order valence-electron chi connectivity index (χ4n) is 4.55. The van der Waals surface area contributed by atoms with Gasteiger partial charge in [0.25, 0.3) is 5.91 Å². The number of hydrogen-bond donors (Lipinski definition) is 2. The highest BCUT2D eigenvalue weighted by atomic mass is 35.5. The molecule has 5 aromatic rings. The van der Waals surface area contributed by atoms with Crippen LogP contribution in [0.5, 0.6) is 0 Å². The van der Waals surface area contributed by atoms with E-state index in [1.807, 2.05) is 53.1 Å². The quantitative estimate of drug-likeness (QED) is 0.286. The largest absolute Gasteiger partial charge is 0.350 e. The zero-order valence-electron chi connectivity index (χ0n) is 20.7. The lowest BCUT2D eigenvalue weighted by Gasteiger charge is -2.17.